The maximum absolute atomic E-state index is 14.4. The van der Waals surface area contributed by atoms with Crippen LogP contribution in [0.1, 0.15) is 76.9 Å². The summed E-state index contributed by atoms with van der Waals surface area (Å²) in [6.45, 7) is 4.82. The van der Waals surface area contributed by atoms with E-state index in [0.29, 0.717) is 6.61 Å². The van der Waals surface area contributed by atoms with Crippen LogP contribution >= 0.6 is 0 Å². The number of allylic oxidation sites excluding steroid dienone is 1. The first-order valence-electron chi connectivity index (χ1n) is 13.1. The van der Waals surface area contributed by atoms with E-state index in [-0.39, 0.29) is 0 Å². The zero-order valence-electron chi connectivity index (χ0n) is 21.1. The van der Waals surface area contributed by atoms with Crippen molar-refractivity contribution in [1.29, 1.82) is 0 Å². The van der Waals surface area contributed by atoms with Crippen molar-refractivity contribution >= 4 is 21.6 Å². The molecule has 0 spiro atoms. The van der Waals surface area contributed by atoms with Gasteiger partial charge in [-0.05, 0) is 48.6 Å². The van der Waals surface area contributed by atoms with Gasteiger partial charge in [-0.2, -0.15) is 0 Å². The van der Waals surface area contributed by atoms with Gasteiger partial charge in [0.25, 0.3) is 0 Å². The van der Waals surface area contributed by atoms with E-state index in [1.165, 1.54) is 6.42 Å². The third-order valence-corrected chi connectivity index (χ3v) is 8.35. The zero-order valence-corrected chi connectivity index (χ0v) is 21.9. The van der Waals surface area contributed by atoms with Gasteiger partial charge in [0.2, 0.25) is 0 Å². The summed E-state index contributed by atoms with van der Waals surface area (Å²) >= 11 is 0. The molecule has 1 fully saturated rings. The number of benzene rings is 3. The molecule has 0 aliphatic heterocycles. The van der Waals surface area contributed by atoms with Crippen molar-refractivity contribution in [2.75, 3.05) is 6.61 Å². The minimum atomic E-state index is -1.38. The second kappa shape index (κ2) is 12.6. The van der Waals surface area contributed by atoms with Crippen molar-refractivity contribution < 1.29 is 13.7 Å². The van der Waals surface area contributed by atoms with Gasteiger partial charge < -0.3 is 9.47 Å². The Bertz CT molecular complexity index is 1120. The Morgan fingerprint density at radius 3 is 2.40 bits per heavy atom. The average molecular weight is 491 g/mol. The van der Waals surface area contributed by atoms with E-state index in [2.05, 4.69) is 43.3 Å². The van der Waals surface area contributed by atoms with Crippen LogP contribution in [0, 0.1) is 0 Å². The van der Waals surface area contributed by atoms with Gasteiger partial charge in [0.1, 0.15) is 6.10 Å². The number of hydrogen-bond donors (Lipinski definition) is 0. The van der Waals surface area contributed by atoms with Crippen LogP contribution in [0.5, 0.6) is 0 Å². The van der Waals surface area contributed by atoms with E-state index >= 15 is 0 Å². The fourth-order valence-electron chi connectivity index (χ4n) is 5.00. The molecule has 35 heavy (non-hydrogen) atoms. The highest BCUT2D eigenvalue weighted by molar-refractivity contribution is 7.89. The van der Waals surface area contributed by atoms with Gasteiger partial charge in [-0.3, -0.25) is 0 Å². The summed E-state index contributed by atoms with van der Waals surface area (Å²) in [7, 11) is -1.38. The molecule has 4 rings (SSSR count). The molecule has 2 atom stereocenters. The Labute approximate surface area is 213 Å². The van der Waals surface area contributed by atoms with Gasteiger partial charge in [0.05, 0.1) is 20.6 Å². The second-order valence-electron chi connectivity index (χ2n) is 9.31. The van der Waals surface area contributed by atoms with Gasteiger partial charge >= 0.3 is 0 Å². The molecule has 3 aromatic carbocycles. The quantitative estimate of drug-likeness (QED) is 0.200. The average Bonchev–Trinajstić information content (AvgIpc) is 2.91. The van der Waals surface area contributed by atoms with Crippen LogP contribution in [0.3, 0.4) is 0 Å². The van der Waals surface area contributed by atoms with Crippen molar-refractivity contribution in [3.8, 4) is 0 Å². The van der Waals surface area contributed by atoms with Crippen LogP contribution in [0.4, 0.5) is 0 Å². The van der Waals surface area contributed by atoms with E-state index in [1.54, 1.807) is 0 Å². The Kier molecular flexibility index (Phi) is 9.31. The minimum Gasteiger partial charge on any atom is -0.350 e. The summed E-state index contributed by atoms with van der Waals surface area (Å²) in [6, 6.07) is 24.5. The smallest absolute Gasteiger partial charge is 0.169 e. The lowest BCUT2D eigenvalue weighted by Gasteiger charge is -2.40. The molecular weight excluding hydrogens is 452 g/mol. The molecule has 0 aromatic heterocycles. The molecule has 3 aromatic rings. The summed E-state index contributed by atoms with van der Waals surface area (Å²) in [6.07, 6.45) is 9.86. The molecule has 4 heteroatoms. The zero-order chi connectivity index (χ0) is 24.5. The highest BCUT2D eigenvalue weighted by atomic mass is 32.2. The van der Waals surface area contributed by atoms with E-state index in [9.17, 15) is 4.21 Å². The molecular formula is C31H38O3S. The summed E-state index contributed by atoms with van der Waals surface area (Å²) in [5.41, 5.74) is 1.02. The first-order valence-corrected chi connectivity index (χ1v) is 14.3. The molecule has 186 valence electrons. The maximum atomic E-state index is 14.4. The lowest BCUT2D eigenvalue weighted by Crippen LogP contribution is -2.40. The summed E-state index contributed by atoms with van der Waals surface area (Å²) in [5.74, 6) is -0.639. The minimum absolute atomic E-state index is 0.433. The summed E-state index contributed by atoms with van der Waals surface area (Å²) in [5, 5.41) is 2.13. The lowest BCUT2D eigenvalue weighted by atomic mass is 9.93. The first-order chi connectivity index (χ1) is 17.2. The van der Waals surface area contributed by atoms with Crippen LogP contribution in [-0.2, 0) is 20.3 Å². The van der Waals surface area contributed by atoms with Crippen molar-refractivity contribution in [2.24, 2.45) is 0 Å². The number of rotatable bonds is 11. The Hall–Kier alpha value is -2.27. The second-order valence-corrected chi connectivity index (χ2v) is 10.8. The topological polar surface area (TPSA) is 35.5 Å². The molecule has 0 saturated heterocycles. The largest absolute Gasteiger partial charge is 0.350 e. The van der Waals surface area contributed by atoms with Gasteiger partial charge in [0, 0.05) is 19.4 Å². The monoisotopic (exact) mass is 490 g/mol. The molecule has 0 bridgehead atoms. The van der Waals surface area contributed by atoms with E-state index in [0.717, 1.165) is 71.1 Å². The molecule has 0 heterocycles. The number of ether oxygens (including phenoxy) is 2. The SMILES string of the molecule is CCCC/C=C(\[C@@H](OC1(OCC)CCCCC1)c1ccccc1)S(=O)c1cccc2ccccc12. The van der Waals surface area contributed by atoms with Crippen LogP contribution in [0.15, 0.2) is 88.7 Å². The molecule has 1 aliphatic carbocycles. The van der Waals surface area contributed by atoms with E-state index < -0.39 is 22.7 Å². The molecule has 0 N–H and O–H groups in total. The molecule has 3 nitrogen and oxygen atoms in total. The maximum Gasteiger partial charge on any atom is 0.169 e. The number of fused-ring (bicyclic) bond motifs is 1. The number of hydrogen-bond acceptors (Lipinski definition) is 3. The van der Waals surface area contributed by atoms with Crippen LogP contribution < -0.4 is 0 Å². The molecule has 1 saturated carbocycles. The fourth-order valence-corrected chi connectivity index (χ4v) is 6.49. The molecule has 0 amide bonds. The van der Waals surface area contributed by atoms with E-state index in [4.69, 9.17) is 9.47 Å². The van der Waals surface area contributed by atoms with Gasteiger partial charge in [-0.25, -0.2) is 4.21 Å². The Morgan fingerprint density at radius 2 is 1.66 bits per heavy atom. The van der Waals surface area contributed by atoms with Gasteiger partial charge in [0.15, 0.2) is 5.79 Å². The van der Waals surface area contributed by atoms with Gasteiger partial charge in [-0.15, -0.1) is 0 Å². The van der Waals surface area contributed by atoms with Crippen molar-refractivity contribution in [3.05, 3.63) is 89.3 Å². The van der Waals surface area contributed by atoms with E-state index in [1.807, 2.05) is 49.4 Å². The molecule has 1 aliphatic rings. The third-order valence-electron chi connectivity index (χ3n) is 6.78. The highest BCUT2D eigenvalue weighted by Gasteiger charge is 2.39. The molecule has 0 radical (unpaired) electrons. The first kappa shape index (κ1) is 25.8. The highest BCUT2D eigenvalue weighted by Crippen LogP contribution is 2.42. The number of unbranched alkanes of at least 4 members (excludes halogenated alkanes) is 2. The summed E-state index contributed by atoms with van der Waals surface area (Å²) in [4.78, 5) is 1.66. The summed E-state index contributed by atoms with van der Waals surface area (Å²) < 4.78 is 27.7. The normalized spacial score (nSPS) is 17.8. The standard InChI is InChI=1S/C31H38O3S/c1-3-5-8-21-29(35(32)28-22-15-19-25-16-11-12-20-27(25)28)30(26-17-9-6-10-18-26)34-31(33-4-2)23-13-7-14-24-31/h6,9-12,15-22,30H,3-5,7-8,13-14,23-24H2,1-2H3/b29-21+/t30-,35?/m0/s1. The van der Waals surface area contributed by atoms with Crippen molar-refractivity contribution in [2.45, 2.75) is 82.0 Å². The molecule has 1 unspecified atom stereocenters. The van der Waals surface area contributed by atoms with Crippen LogP contribution in [0.2, 0.25) is 0 Å². The predicted octanol–water partition coefficient (Wildman–Crippen LogP) is 8.48. The Morgan fingerprint density at radius 1 is 0.943 bits per heavy atom. The van der Waals surface area contributed by atoms with Crippen LogP contribution in [-0.4, -0.2) is 16.6 Å². The third kappa shape index (κ3) is 6.30. The van der Waals surface area contributed by atoms with Crippen molar-refractivity contribution in [1.82, 2.24) is 0 Å². The van der Waals surface area contributed by atoms with Gasteiger partial charge in [-0.1, -0.05) is 99.0 Å². The lowest BCUT2D eigenvalue weighted by molar-refractivity contribution is -0.266. The van der Waals surface area contributed by atoms with Crippen LogP contribution in [0.25, 0.3) is 10.8 Å². The predicted molar refractivity (Wildman–Crippen MR) is 146 cm³/mol. The van der Waals surface area contributed by atoms with Crippen molar-refractivity contribution in [3.63, 3.8) is 0 Å². The Balaban J connectivity index is 1.81. The fraction of sp³-hybridized carbons (Fsp3) is 0.419.